The average molecular weight is 552 g/mol. The van der Waals surface area contributed by atoms with Gasteiger partial charge in [-0.1, -0.05) is 38.1 Å². The molecule has 1 N–H and O–H groups in total. The van der Waals surface area contributed by atoms with Crippen LogP contribution in [-0.4, -0.2) is 34.8 Å². The van der Waals surface area contributed by atoms with Crippen molar-refractivity contribution in [2.24, 2.45) is 5.92 Å². The predicted octanol–water partition coefficient (Wildman–Crippen LogP) is 5.93. The van der Waals surface area contributed by atoms with Crippen molar-refractivity contribution in [1.29, 1.82) is 0 Å². The molecule has 40 heavy (non-hydrogen) atoms. The van der Waals surface area contributed by atoms with Crippen LogP contribution in [0.3, 0.4) is 0 Å². The molecular formula is C30H28F3N3O4. The smallest absolute Gasteiger partial charge is 0.322 e. The number of halogens is 3. The van der Waals surface area contributed by atoms with Crippen molar-refractivity contribution in [3.8, 4) is 0 Å². The van der Waals surface area contributed by atoms with Gasteiger partial charge < -0.3 is 19.5 Å². The van der Waals surface area contributed by atoms with Crippen molar-refractivity contribution in [3.63, 3.8) is 0 Å². The van der Waals surface area contributed by atoms with Crippen LogP contribution in [0.5, 0.6) is 0 Å². The summed E-state index contributed by atoms with van der Waals surface area (Å²) in [6, 6.07) is 14.3. The first kappa shape index (κ1) is 28.4. The standard InChI is InChI=1S/C30H28F3N3O4/c1-19(2)14-36(30(39)34-26-12-11-23(32)13-25(26)33)17-28(37)35(15-20-7-9-22(31)10-8-20)16-21-18-40-27-6-4-3-5-24(27)29(21)38/h3-13,18-19H,14-17H2,1-2H3,(H,34,39). The molecule has 1 heterocycles. The van der Waals surface area contributed by atoms with Crippen LogP contribution in [0.15, 0.2) is 82.2 Å². The van der Waals surface area contributed by atoms with Crippen molar-refractivity contribution in [2.75, 3.05) is 18.4 Å². The highest BCUT2D eigenvalue weighted by Gasteiger charge is 2.24. The number of urea groups is 1. The molecule has 7 nitrogen and oxygen atoms in total. The third kappa shape index (κ3) is 7.07. The molecule has 0 aliphatic carbocycles. The van der Waals surface area contributed by atoms with Crippen LogP contribution in [0.2, 0.25) is 0 Å². The van der Waals surface area contributed by atoms with E-state index in [2.05, 4.69) is 5.32 Å². The van der Waals surface area contributed by atoms with Gasteiger partial charge in [-0.15, -0.1) is 0 Å². The molecule has 0 saturated carbocycles. The molecule has 0 atom stereocenters. The number of amides is 3. The zero-order valence-corrected chi connectivity index (χ0v) is 22.0. The van der Waals surface area contributed by atoms with Crippen molar-refractivity contribution < 1.29 is 27.2 Å². The van der Waals surface area contributed by atoms with Gasteiger partial charge in [-0.2, -0.15) is 0 Å². The maximum absolute atomic E-state index is 14.2. The van der Waals surface area contributed by atoms with Crippen LogP contribution in [-0.2, 0) is 17.9 Å². The van der Waals surface area contributed by atoms with E-state index in [1.165, 1.54) is 40.3 Å². The minimum absolute atomic E-state index is 0.0229. The van der Waals surface area contributed by atoms with E-state index in [4.69, 9.17) is 4.42 Å². The second kappa shape index (κ2) is 12.5. The lowest BCUT2D eigenvalue weighted by molar-refractivity contribution is -0.133. The quantitative estimate of drug-likeness (QED) is 0.280. The number of carbonyl (C=O) groups is 2. The van der Waals surface area contributed by atoms with Crippen molar-refractivity contribution >= 4 is 28.6 Å². The zero-order chi connectivity index (χ0) is 28.8. The van der Waals surface area contributed by atoms with E-state index in [-0.39, 0.29) is 42.2 Å². The maximum Gasteiger partial charge on any atom is 0.322 e. The van der Waals surface area contributed by atoms with Crippen LogP contribution in [0.4, 0.5) is 23.7 Å². The molecule has 0 unspecified atom stereocenters. The van der Waals surface area contributed by atoms with E-state index in [1.807, 2.05) is 13.8 Å². The van der Waals surface area contributed by atoms with Gasteiger partial charge in [0.15, 0.2) is 5.43 Å². The van der Waals surface area contributed by atoms with Crippen molar-refractivity contribution in [2.45, 2.75) is 26.9 Å². The van der Waals surface area contributed by atoms with Gasteiger partial charge in [0.25, 0.3) is 0 Å². The van der Waals surface area contributed by atoms with Crippen LogP contribution in [0, 0.1) is 23.4 Å². The Labute approximate surface area is 228 Å². The fraction of sp³-hybridized carbons (Fsp3) is 0.233. The summed E-state index contributed by atoms with van der Waals surface area (Å²) in [6.45, 7) is 3.34. The first-order chi connectivity index (χ1) is 19.1. The molecule has 0 radical (unpaired) electrons. The Morgan fingerprint density at radius 3 is 2.30 bits per heavy atom. The van der Waals surface area contributed by atoms with Crippen LogP contribution in [0.1, 0.15) is 25.0 Å². The average Bonchev–Trinajstić information content (AvgIpc) is 2.92. The summed E-state index contributed by atoms with van der Waals surface area (Å²) < 4.78 is 46.6. The fourth-order valence-electron chi connectivity index (χ4n) is 4.18. The SMILES string of the molecule is CC(C)CN(CC(=O)N(Cc1ccc(F)cc1)Cc1coc2ccccc2c1=O)C(=O)Nc1ccc(F)cc1F. The third-order valence-corrected chi connectivity index (χ3v) is 6.12. The molecule has 0 aliphatic heterocycles. The number of para-hydroxylation sites is 1. The third-order valence-electron chi connectivity index (χ3n) is 6.12. The van der Waals surface area contributed by atoms with Gasteiger partial charge in [0.1, 0.15) is 29.6 Å². The summed E-state index contributed by atoms with van der Waals surface area (Å²) >= 11 is 0. The maximum atomic E-state index is 14.2. The molecule has 3 aromatic carbocycles. The lowest BCUT2D eigenvalue weighted by Crippen LogP contribution is -2.45. The van der Waals surface area contributed by atoms with Gasteiger partial charge in [-0.3, -0.25) is 9.59 Å². The van der Waals surface area contributed by atoms with E-state index < -0.39 is 35.9 Å². The first-order valence-electron chi connectivity index (χ1n) is 12.6. The highest BCUT2D eigenvalue weighted by Crippen LogP contribution is 2.18. The van der Waals surface area contributed by atoms with E-state index in [9.17, 15) is 27.6 Å². The van der Waals surface area contributed by atoms with Crippen molar-refractivity contribution in [3.05, 3.63) is 112 Å². The molecule has 0 bridgehead atoms. The fourth-order valence-corrected chi connectivity index (χ4v) is 4.18. The summed E-state index contributed by atoms with van der Waals surface area (Å²) in [5, 5.41) is 2.75. The number of carbonyl (C=O) groups excluding carboxylic acids is 2. The van der Waals surface area contributed by atoms with Gasteiger partial charge in [0.2, 0.25) is 5.91 Å². The summed E-state index contributed by atoms with van der Waals surface area (Å²) in [5.41, 5.74) is 0.697. The molecular weight excluding hydrogens is 523 g/mol. The Hall–Kier alpha value is -4.60. The number of benzene rings is 3. The molecule has 0 saturated heterocycles. The Bertz CT molecular complexity index is 1570. The molecule has 0 spiro atoms. The predicted molar refractivity (Wildman–Crippen MR) is 145 cm³/mol. The molecule has 1 aromatic heterocycles. The minimum Gasteiger partial charge on any atom is -0.464 e. The molecule has 0 fully saturated rings. The minimum atomic E-state index is -0.954. The monoisotopic (exact) mass is 551 g/mol. The van der Waals surface area contributed by atoms with Gasteiger partial charge in [0, 0.05) is 19.2 Å². The Balaban J connectivity index is 1.61. The largest absolute Gasteiger partial charge is 0.464 e. The molecule has 0 aliphatic rings. The number of hydrogen-bond donors (Lipinski definition) is 1. The molecule has 4 aromatic rings. The van der Waals surface area contributed by atoms with E-state index in [0.717, 1.165) is 12.1 Å². The van der Waals surface area contributed by atoms with Crippen LogP contribution in [0.25, 0.3) is 11.0 Å². The normalized spacial score (nSPS) is 11.1. The first-order valence-corrected chi connectivity index (χ1v) is 12.6. The Kier molecular flexibility index (Phi) is 8.88. The van der Waals surface area contributed by atoms with Gasteiger partial charge in [-0.25, -0.2) is 18.0 Å². The zero-order valence-electron chi connectivity index (χ0n) is 22.0. The van der Waals surface area contributed by atoms with E-state index in [0.29, 0.717) is 22.6 Å². The van der Waals surface area contributed by atoms with Crippen LogP contribution >= 0.6 is 0 Å². The highest BCUT2D eigenvalue weighted by atomic mass is 19.1. The van der Waals surface area contributed by atoms with Gasteiger partial charge >= 0.3 is 6.03 Å². The Morgan fingerprint density at radius 2 is 1.60 bits per heavy atom. The summed E-state index contributed by atoms with van der Waals surface area (Å²) in [7, 11) is 0. The lowest BCUT2D eigenvalue weighted by atomic mass is 10.1. The summed E-state index contributed by atoms with van der Waals surface area (Å²) in [5.74, 6) is -2.74. The molecule has 10 heteroatoms. The molecule has 208 valence electrons. The van der Waals surface area contributed by atoms with E-state index >= 15 is 0 Å². The Morgan fingerprint density at radius 1 is 0.900 bits per heavy atom. The highest BCUT2D eigenvalue weighted by molar-refractivity contribution is 5.92. The van der Waals surface area contributed by atoms with Gasteiger partial charge in [-0.05, 0) is 47.9 Å². The number of hydrogen-bond acceptors (Lipinski definition) is 4. The number of nitrogens with one attached hydrogen (secondary N) is 1. The van der Waals surface area contributed by atoms with Gasteiger partial charge in [0.05, 0.1) is 29.4 Å². The topological polar surface area (TPSA) is 82.9 Å². The van der Waals surface area contributed by atoms with E-state index in [1.54, 1.807) is 24.3 Å². The molecule has 3 amide bonds. The number of fused-ring (bicyclic) bond motifs is 1. The van der Waals surface area contributed by atoms with Crippen LogP contribution < -0.4 is 10.7 Å². The lowest BCUT2D eigenvalue weighted by Gasteiger charge is -2.29. The number of anilines is 1. The summed E-state index contributed by atoms with van der Waals surface area (Å²) in [4.78, 5) is 42.4. The van der Waals surface area contributed by atoms with Crippen molar-refractivity contribution in [1.82, 2.24) is 9.80 Å². The molecule has 4 rings (SSSR count). The number of nitrogens with zero attached hydrogens (tertiary/aromatic N) is 2. The second-order valence-corrected chi connectivity index (χ2v) is 9.79. The summed E-state index contributed by atoms with van der Waals surface area (Å²) in [6.07, 6.45) is 1.30. The number of rotatable bonds is 9. The second-order valence-electron chi connectivity index (χ2n) is 9.79.